The van der Waals surface area contributed by atoms with E-state index >= 15 is 0 Å². The van der Waals surface area contributed by atoms with E-state index in [2.05, 4.69) is 41.1 Å². The molecule has 0 aromatic carbocycles. The summed E-state index contributed by atoms with van der Waals surface area (Å²) in [4.78, 5) is 0. The molecule has 2 rings (SSSR count). The summed E-state index contributed by atoms with van der Waals surface area (Å²) < 4.78 is 9.81. The number of rotatable bonds is 1. The van der Waals surface area contributed by atoms with E-state index in [0.717, 1.165) is 18.4 Å². The van der Waals surface area contributed by atoms with Crippen molar-refractivity contribution in [3.05, 3.63) is 8.60 Å². The first-order chi connectivity index (χ1) is 9.12. The van der Waals surface area contributed by atoms with Crippen LogP contribution in [0.15, 0.2) is 8.60 Å². The first-order valence-corrected chi connectivity index (χ1v) is 22.4. The summed E-state index contributed by atoms with van der Waals surface area (Å²) in [5.41, 5.74) is 1.98. The molecule has 0 radical (unpaired) electrons. The fourth-order valence-electron chi connectivity index (χ4n) is 4.84. The summed E-state index contributed by atoms with van der Waals surface area (Å²) in [6.07, 6.45) is 8.94. The monoisotopic (exact) mass is 470 g/mol. The van der Waals surface area contributed by atoms with Gasteiger partial charge >= 0.3 is 133 Å². The Morgan fingerprint density at radius 2 is 1.50 bits per heavy atom. The van der Waals surface area contributed by atoms with Gasteiger partial charge in [-0.1, -0.05) is 0 Å². The number of hydrogen-bond donors (Lipinski definition) is 0. The summed E-state index contributed by atoms with van der Waals surface area (Å²) in [5, 5.41) is 0.452. The van der Waals surface area contributed by atoms with Crippen LogP contribution in [0.2, 0.25) is 24.6 Å². The molecule has 0 amide bonds. The zero-order valence-electron chi connectivity index (χ0n) is 15.0. The van der Waals surface area contributed by atoms with E-state index in [0.29, 0.717) is 5.31 Å². The molecule has 0 aliphatic carbocycles. The van der Waals surface area contributed by atoms with Crippen molar-refractivity contribution in [3.63, 3.8) is 0 Å². The Labute approximate surface area is 132 Å². The van der Waals surface area contributed by atoms with E-state index in [-0.39, 0.29) is 0 Å². The Bertz CT molecular complexity index is 373. The maximum absolute atomic E-state index is 2.63. The normalized spacial score (nSPS) is 31.1. The molecule has 114 valence electrons. The second-order valence-corrected chi connectivity index (χ2v) is 29.9. The molecule has 0 atom stereocenters. The van der Waals surface area contributed by atoms with Crippen LogP contribution in [0.5, 0.6) is 0 Å². The summed E-state index contributed by atoms with van der Waals surface area (Å²) >= 11 is -2.07. The minimum absolute atomic E-state index is 0.452. The van der Waals surface area contributed by atoms with Crippen LogP contribution >= 0.6 is 0 Å². The van der Waals surface area contributed by atoms with Gasteiger partial charge in [-0.05, 0) is 0 Å². The van der Waals surface area contributed by atoms with Crippen LogP contribution < -0.4 is 0 Å². The van der Waals surface area contributed by atoms with Gasteiger partial charge in [-0.15, -0.1) is 0 Å². The summed E-state index contributed by atoms with van der Waals surface area (Å²) in [5.74, 6) is 1.91. The van der Waals surface area contributed by atoms with Gasteiger partial charge in [0.2, 0.25) is 0 Å². The molecule has 2 aliphatic heterocycles. The molecule has 0 saturated carbocycles. The van der Waals surface area contributed by atoms with Crippen molar-refractivity contribution in [3.8, 4) is 0 Å². The van der Waals surface area contributed by atoms with Crippen molar-refractivity contribution in [1.82, 2.24) is 0 Å². The molecular formula is C18H35BPb. The molecule has 2 bridgehead atoms. The minimum atomic E-state index is -2.07. The summed E-state index contributed by atoms with van der Waals surface area (Å²) in [7, 11) is 0. The van der Waals surface area contributed by atoms with Gasteiger partial charge in [-0.25, -0.2) is 0 Å². The fraction of sp³-hybridized carbons (Fsp3) is 0.889. The SMILES string of the molecule is C/[C](=C1/B(C(C)(C)C)C2CCCC1CCC2)[Pb]([CH3])([CH3])[CH3]. The second-order valence-electron chi connectivity index (χ2n) is 9.49. The average molecular weight is 469 g/mol. The fourth-order valence-corrected chi connectivity index (χ4v) is 9.60. The number of fused-ring (bicyclic) bond motifs is 3. The summed E-state index contributed by atoms with van der Waals surface area (Å²) in [6.45, 7) is 10.9. The Morgan fingerprint density at radius 3 is 1.90 bits per heavy atom. The molecule has 2 fully saturated rings. The molecule has 0 unspecified atom stereocenters. The zero-order valence-corrected chi connectivity index (χ0v) is 18.9. The van der Waals surface area contributed by atoms with Crippen LogP contribution in [-0.2, 0) is 0 Å². The average Bonchev–Trinajstić information content (AvgIpc) is 2.52. The van der Waals surface area contributed by atoms with Crippen LogP contribution in [0.1, 0.15) is 66.2 Å². The van der Waals surface area contributed by atoms with Gasteiger partial charge in [0.05, 0.1) is 0 Å². The third-order valence-electron chi connectivity index (χ3n) is 5.99. The van der Waals surface area contributed by atoms with Gasteiger partial charge in [0.15, 0.2) is 0 Å². The molecule has 0 aromatic rings. The van der Waals surface area contributed by atoms with E-state index in [1.807, 2.05) is 8.60 Å². The second kappa shape index (κ2) is 6.08. The van der Waals surface area contributed by atoms with E-state index in [9.17, 15) is 0 Å². The number of allylic oxidation sites excluding steroid dienone is 2. The molecule has 0 nitrogen and oxygen atoms in total. The maximum atomic E-state index is 2.63. The first-order valence-electron chi connectivity index (χ1n) is 8.83. The van der Waals surface area contributed by atoms with E-state index in [1.165, 1.54) is 38.5 Å². The molecule has 2 heterocycles. The van der Waals surface area contributed by atoms with Gasteiger partial charge in [-0.2, -0.15) is 0 Å². The zero-order chi connectivity index (χ0) is 15.1. The molecular weight excluding hydrogens is 434 g/mol. The van der Waals surface area contributed by atoms with E-state index < -0.39 is 21.2 Å². The van der Waals surface area contributed by atoms with Crippen LogP contribution in [0, 0.1) is 5.92 Å². The van der Waals surface area contributed by atoms with E-state index in [4.69, 9.17) is 0 Å². The molecule has 20 heavy (non-hydrogen) atoms. The third kappa shape index (κ3) is 3.55. The molecule has 2 aliphatic rings. The molecule has 2 heteroatoms. The van der Waals surface area contributed by atoms with Crippen LogP contribution in [0.4, 0.5) is 0 Å². The molecule has 0 spiro atoms. The van der Waals surface area contributed by atoms with Crippen LogP contribution in [0.25, 0.3) is 0 Å². The van der Waals surface area contributed by atoms with Gasteiger partial charge in [0, 0.05) is 0 Å². The van der Waals surface area contributed by atoms with Crippen molar-refractivity contribution >= 4 is 27.9 Å². The molecule has 0 aromatic heterocycles. The van der Waals surface area contributed by atoms with Crippen LogP contribution in [0.3, 0.4) is 0 Å². The van der Waals surface area contributed by atoms with Crippen molar-refractivity contribution in [2.75, 3.05) is 0 Å². The Morgan fingerprint density at radius 1 is 1.00 bits per heavy atom. The van der Waals surface area contributed by atoms with Gasteiger partial charge in [0.25, 0.3) is 0 Å². The van der Waals surface area contributed by atoms with Gasteiger partial charge in [0.1, 0.15) is 0 Å². The summed E-state index contributed by atoms with van der Waals surface area (Å²) in [6, 6.07) is 0. The predicted octanol–water partition coefficient (Wildman–Crippen LogP) is 6.37. The Hall–Kier alpha value is 0.727. The van der Waals surface area contributed by atoms with Gasteiger partial charge in [-0.3, -0.25) is 0 Å². The predicted molar refractivity (Wildman–Crippen MR) is 96.5 cm³/mol. The third-order valence-corrected chi connectivity index (χ3v) is 15.9. The van der Waals surface area contributed by atoms with Crippen molar-refractivity contribution < 1.29 is 0 Å². The standard InChI is InChI=1S/C15H26B.3CH3.Pb/c1-5-14-12-8-6-10-13(11-7-9-12)16(14)15(2,3)4;;;;/h12-13H,6-11H2,1-4H3;3*1H3;. The molecule has 0 N–H and O–H groups in total. The first kappa shape index (κ1) is 17.1. The van der Waals surface area contributed by atoms with Crippen LogP contribution in [-0.4, -0.2) is 27.9 Å². The Kier molecular flexibility index (Phi) is 5.20. The van der Waals surface area contributed by atoms with Gasteiger partial charge < -0.3 is 0 Å². The number of hydrogen-bond acceptors (Lipinski definition) is 0. The van der Waals surface area contributed by atoms with E-state index in [1.54, 1.807) is 0 Å². The topological polar surface area (TPSA) is 0 Å². The Balaban J connectivity index is 2.58. The molecule has 2 saturated heterocycles. The van der Waals surface area contributed by atoms with Crippen molar-refractivity contribution in [2.24, 2.45) is 5.92 Å². The van der Waals surface area contributed by atoms with Crippen molar-refractivity contribution in [2.45, 2.75) is 90.8 Å². The van der Waals surface area contributed by atoms with Crippen molar-refractivity contribution in [1.29, 1.82) is 0 Å². The quantitative estimate of drug-likeness (QED) is 0.392.